The van der Waals surface area contributed by atoms with Crippen LogP contribution in [0.3, 0.4) is 0 Å². The Hall–Kier alpha value is -3.13. The van der Waals surface area contributed by atoms with E-state index in [9.17, 15) is 4.79 Å². The summed E-state index contributed by atoms with van der Waals surface area (Å²) >= 11 is 0. The maximum atomic E-state index is 11.1. The number of carbonyl (C=O) groups excluding carboxylic acids is 1. The molecule has 1 heteroatoms. The van der Waals surface area contributed by atoms with Crippen molar-refractivity contribution in [3.63, 3.8) is 0 Å². The first-order chi connectivity index (χ1) is 8.89. The molecule has 0 aromatic heterocycles. The first-order valence-corrected chi connectivity index (χ1v) is 5.11. The van der Waals surface area contributed by atoms with E-state index >= 15 is 0 Å². The molecule has 0 saturated carbocycles. The minimum Gasteiger partial charge on any atom is -0.270 e. The van der Waals surface area contributed by atoms with E-state index in [1.54, 1.807) is 48.6 Å². The summed E-state index contributed by atoms with van der Waals surface area (Å²) in [6, 6.07) is 0. The van der Waals surface area contributed by atoms with Crippen LogP contribution in [0.4, 0.5) is 0 Å². The van der Waals surface area contributed by atoms with Crippen molar-refractivity contribution in [3.05, 3.63) is 48.6 Å². The van der Waals surface area contributed by atoms with Crippen molar-refractivity contribution in [3.8, 4) is 47.4 Å². The monoisotopic (exact) mass is 228 g/mol. The fourth-order valence-corrected chi connectivity index (χ4v) is 0.816. The van der Waals surface area contributed by atoms with Gasteiger partial charge in [-0.3, -0.25) is 4.79 Å². The van der Waals surface area contributed by atoms with Crippen LogP contribution in [0.15, 0.2) is 48.6 Å². The van der Waals surface area contributed by atoms with Crippen LogP contribution in [-0.4, -0.2) is 5.78 Å². The highest BCUT2D eigenvalue weighted by Crippen LogP contribution is 1.78. The molecule has 0 radical (unpaired) electrons. The number of hydrogen-bond acceptors (Lipinski definition) is 1. The zero-order valence-electron chi connectivity index (χ0n) is 9.53. The van der Waals surface area contributed by atoms with Gasteiger partial charge in [-0.2, -0.15) is 0 Å². The Morgan fingerprint density at radius 1 is 0.611 bits per heavy atom. The first kappa shape index (κ1) is 12.9. The van der Waals surface area contributed by atoms with Crippen LogP contribution in [0.5, 0.6) is 0 Å². The lowest BCUT2D eigenvalue weighted by molar-refractivity contribution is -0.108. The summed E-state index contributed by atoms with van der Waals surface area (Å²) in [5, 5.41) is 0. The minimum atomic E-state index is -0.416. The molecule has 0 aromatic rings. The molecule has 0 aliphatic heterocycles. The fourth-order valence-electron chi connectivity index (χ4n) is 0.816. The zero-order valence-corrected chi connectivity index (χ0v) is 9.53. The number of ketones is 1. The van der Waals surface area contributed by atoms with Crippen molar-refractivity contribution >= 4 is 5.78 Å². The maximum absolute atomic E-state index is 11.1. The average Bonchev–Trinajstić information content (AvgIpc) is 2.37. The molecule has 0 atom stereocenters. The lowest BCUT2D eigenvalue weighted by Crippen LogP contribution is -1.84. The highest BCUT2D eigenvalue weighted by molar-refractivity contribution is 6.09. The van der Waals surface area contributed by atoms with Gasteiger partial charge in [0.2, 0.25) is 0 Å². The third-order valence-corrected chi connectivity index (χ3v) is 1.52. The van der Waals surface area contributed by atoms with Gasteiger partial charge in [0.1, 0.15) is 0 Å². The van der Waals surface area contributed by atoms with E-state index in [0.717, 1.165) is 0 Å². The predicted octanol–water partition coefficient (Wildman–Crippen LogP) is 1.81. The van der Waals surface area contributed by atoms with Crippen LogP contribution < -0.4 is 0 Å². The molecule has 1 rings (SSSR count). The number of carbonyl (C=O) groups is 1. The molecule has 82 valence electrons. The van der Waals surface area contributed by atoms with Crippen molar-refractivity contribution in [1.82, 2.24) is 0 Å². The third-order valence-electron chi connectivity index (χ3n) is 1.52. The third kappa shape index (κ3) is 7.20. The maximum Gasteiger partial charge on any atom is 0.279 e. The smallest absolute Gasteiger partial charge is 0.270 e. The van der Waals surface area contributed by atoms with Crippen molar-refractivity contribution in [2.75, 3.05) is 0 Å². The van der Waals surface area contributed by atoms with Crippen molar-refractivity contribution in [1.29, 1.82) is 0 Å². The Kier molecular flexibility index (Phi) is 6.56. The minimum absolute atomic E-state index is 0.416. The second-order valence-electron chi connectivity index (χ2n) is 2.84. The summed E-state index contributed by atoms with van der Waals surface area (Å²) in [6.07, 6.45) is 13.2. The zero-order chi connectivity index (χ0) is 12.9. The topological polar surface area (TPSA) is 17.1 Å². The van der Waals surface area contributed by atoms with E-state index in [-0.39, 0.29) is 0 Å². The van der Waals surface area contributed by atoms with E-state index in [1.807, 2.05) is 0 Å². The Balaban J connectivity index is 2.90. The van der Waals surface area contributed by atoms with Gasteiger partial charge in [0.15, 0.2) is 0 Å². The highest BCUT2D eigenvalue weighted by atomic mass is 16.1. The molecule has 0 fully saturated rings. The molecule has 0 bridgehead atoms. The Morgan fingerprint density at radius 3 is 1.44 bits per heavy atom. The molecule has 0 aromatic carbocycles. The molecular weight excluding hydrogens is 220 g/mol. The van der Waals surface area contributed by atoms with Gasteiger partial charge in [-0.25, -0.2) is 0 Å². The quantitative estimate of drug-likeness (QED) is 0.456. The van der Waals surface area contributed by atoms with Crippen molar-refractivity contribution in [2.24, 2.45) is 0 Å². The Bertz CT molecular complexity index is 607. The molecule has 0 spiro atoms. The molecule has 0 heterocycles. The summed E-state index contributed by atoms with van der Waals surface area (Å²) in [7, 11) is 0. The Labute approximate surface area is 107 Å². The van der Waals surface area contributed by atoms with E-state index in [1.165, 1.54) is 0 Å². The van der Waals surface area contributed by atoms with Gasteiger partial charge >= 0.3 is 0 Å². The molecule has 0 saturated heterocycles. The molecule has 0 amide bonds. The summed E-state index contributed by atoms with van der Waals surface area (Å²) < 4.78 is 0. The molecule has 1 aliphatic carbocycles. The molecule has 1 nitrogen and oxygen atoms in total. The lowest BCUT2D eigenvalue weighted by atomic mass is 10.3. The van der Waals surface area contributed by atoms with E-state index in [2.05, 4.69) is 47.4 Å². The molecule has 0 unspecified atom stereocenters. The average molecular weight is 228 g/mol. The number of rotatable bonds is 0. The van der Waals surface area contributed by atoms with Gasteiger partial charge in [-0.05, 0) is 48.0 Å². The normalized spacial score (nSPS) is 19.9. The second-order valence-corrected chi connectivity index (χ2v) is 2.84. The lowest BCUT2D eigenvalue weighted by Gasteiger charge is -1.70. The van der Waals surface area contributed by atoms with Crippen LogP contribution in [0.25, 0.3) is 0 Å². The van der Waals surface area contributed by atoms with Crippen molar-refractivity contribution < 1.29 is 4.79 Å². The molecule has 18 heavy (non-hydrogen) atoms. The number of allylic oxidation sites excluding steroid dienone is 8. The summed E-state index contributed by atoms with van der Waals surface area (Å²) in [5.74, 6) is 20.3. The van der Waals surface area contributed by atoms with Crippen molar-refractivity contribution in [2.45, 2.75) is 0 Å². The standard InChI is InChI=1S/C17H8O/c18-17-15-13-11-9-7-5-3-1-2-4-6-8-10-12-14-16-17/h5-12H/b7-5-,8-6-,11-9-,12-10-. The highest BCUT2D eigenvalue weighted by Gasteiger charge is 1.82. The second kappa shape index (κ2) is 9.12. The Morgan fingerprint density at radius 2 is 1.00 bits per heavy atom. The molecular formula is C17H8O. The van der Waals surface area contributed by atoms with Gasteiger partial charge in [0, 0.05) is 0 Å². The van der Waals surface area contributed by atoms with E-state index < -0.39 is 5.78 Å². The first-order valence-electron chi connectivity index (χ1n) is 5.11. The van der Waals surface area contributed by atoms with Crippen LogP contribution in [0.1, 0.15) is 0 Å². The van der Waals surface area contributed by atoms with Crippen LogP contribution in [0, 0.1) is 47.4 Å². The van der Waals surface area contributed by atoms with Crippen LogP contribution in [0.2, 0.25) is 0 Å². The van der Waals surface area contributed by atoms with Gasteiger partial charge < -0.3 is 0 Å². The van der Waals surface area contributed by atoms with Gasteiger partial charge in [0.05, 0.1) is 0 Å². The van der Waals surface area contributed by atoms with Gasteiger partial charge in [0.25, 0.3) is 5.78 Å². The fraction of sp³-hybridized carbons (Fsp3) is 0. The summed E-state index contributed by atoms with van der Waals surface area (Å²) in [6.45, 7) is 0. The largest absolute Gasteiger partial charge is 0.279 e. The molecule has 1 aliphatic rings. The van der Waals surface area contributed by atoms with Crippen LogP contribution in [-0.2, 0) is 4.79 Å². The predicted molar refractivity (Wildman–Crippen MR) is 72.7 cm³/mol. The number of hydrogen-bond donors (Lipinski definition) is 0. The van der Waals surface area contributed by atoms with E-state index in [4.69, 9.17) is 0 Å². The SMILES string of the molecule is O=C1C#C/C=C\C=C/C#CC#C/C=C\C=C/C#C1. The van der Waals surface area contributed by atoms with Gasteiger partial charge in [-0.1, -0.05) is 48.0 Å². The summed E-state index contributed by atoms with van der Waals surface area (Å²) in [5.41, 5.74) is 0. The van der Waals surface area contributed by atoms with E-state index in [0.29, 0.717) is 0 Å². The summed E-state index contributed by atoms with van der Waals surface area (Å²) in [4.78, 5) is 11.1. The van der Waals surface area contributed by atoms with Crippen LogP contribution >= 0.6 is 0 Å². The van der Waals surface area contributed by atoms with Gasteiger partial charge in [-0.15, -0.1) is 0 Å². The number of Topliss-reactive ketones (excluding diaryl/α,β-unsaturated/α-hetero) is 1. The molecule has 0 N–H and O–H groups in total.